The van der Waals surface area contributed by atoms with Crippen molar-refractivity contribution in [1.82, 2.24) is 9.38 Å². The smallest absolute Gasteiger partial charge is 0.266 e. The van der Waals surface area contributed by atoms with Crippen LogP contribution >= 0.6 is 11.3 Å². The van der Waals surface area contributed by atoms with Crippen LogP contribution in [0.15, 0.2) is 47.3 Å². The van der Waals surface area contributed by atoms with Gasteiger partial charge in [0.25, 0.3) is 5.56 Å². The van der Waals surface area contributed by atoms with Gasteiger partial charge in [-0.1, -0.05) is 29.5 Å². The Morgan fingerprint density at radius 2 is 2.00 bits per heavy atom. The fourth-order valence-corrected chi connectivity index (χ4v) is 3.38. The summed E-state index contributed by atoms with van der Waals surface area (Å²) in [4.78, 5) is 17.9. The van der Waals surface area contributed by atoms with Crippen LogP contribution in [-0.2, 0) is 0 Å². The molecule has 3 nitrogen and oxygen atoms in total. The molecule has 2 aromatic heterocycles. The van der Waals surface area contributed by atoms with Gasteiger partial charge in [-0.25, -0.2) is 4.98 Å². The first-order valence-electron chi connectivity index (χ1n) is 6.05. The van der Waals surface area contributed by atoms with Gasteiger partial charge in [0.15, 0.2) is 4.96 Å². The second-order valence-electron chi connectivity index (χ2n) is 4.63. The van der Waals surface area contributed by atoms with E-state index in [1.165, 1.54) is 0 Å². The Labute approximate surface area is 112 Å². The van der Waals surface area contributed by atoms with Crippen LogP contribution in [0.1, 0.15) is 5.56 Å². The van der Waals surface area contributed by atoms with Crippen molar-refractivity contribution in [2.75, 3.05) is 0 Å². The number of hydrogen-bond acceptors (Lipinski definition) is 3. The normalized spacial score (nSPS) is 11.6. The van der Waals surface area contributed by atoms with Gasteiger partial charge in [-0.3, -0.25) is 9.20 Å². The third-order valence-corrected chi connectivity index (χ3v) is 4.32. The molecule has 0 unspecified atom stereocenters. The summed E-state index contributed by atoms with van der Waals surface area (Å²) in [5.74, 6) is 0. The summed E-state index contributed by atoms with van der Waals surface area (Å²) in [6.07, 6.45) is 0. The first-order chi connectivity index (χ1) is 9.24. The Kier molecular flexibility index (Phi) is 2.05. The first kappa shape index (κ1) is 10.7. The second kappa shape index (κ2) is 3.65. The van der Waals surface area contributed by atoms with Gasteiger partial charge in [0, 0.05) is 0 Å². The fraction of sp³-hybridized carbons (Fsp3) is 0.0667. The van der Waals surface area contributed by atoms with E-state index in [9.17, 15) is 4.79 Å². The van der Waals surface area contributed by atoms with E-state index < -0.39 is 0 Å². The SMILES string of the molecule is Cc1ccc2sc3nc4ccccc4c(=O)n3c2c1. The lowest BCUT2D eigenvalue weighted by Gasteiger charge is -1.99. The summed E-state index contributed by atoms with van der Waals surface area (Å²) in [6, 6.07) is 13.6. The minimum absolute atomic E-state index is 0.0115. The average Bonchev–Trinajstić information content (AvgIpc) is 2.76. The largest absolute Gasteiger partial charge is 0.268 e. The summed E-state index contributed by atoms with van der Waals surface area (Å²) >= 11 is 1.55. The third kappa shape index (κ3) is 1.43. The first-order valence-corrected chi connectivity index (χ1v) is 6.86. The Balaban J connectivity index is 2.35. The van der Waals surface area contributed by atoms with Crippen molar-refractivity contribution < 1.29 is 0 Å². The van der Waals surface area contributed by atoms with E-state index in [0.717, 1.165) is 26.3 Å². The van der Waals surface area contributed by atoms with Crippen molar-refractivity contribution >= 4 is 37.4 Å². The van der Waals surface area contributed by atoms with Gasteiger partial charge in [-0.2, -0.15) is 0 Å². The number of rotatable bonds is 0. The molecule has 2 aromatic carbocycles. The maximum atomic E-state index is 12.6. The molecule has 4 rings (SSSR count). The standard InChI is InChI=1S/C15H10N2OS/c1-9-6-7-13-12(8-9)17-14(18)10-4-2-3-5-11(10)16-15(17)19-13/h2-8H,1H3. The van der Waals surface area contributed by atoms with Crippen LogP contribution in [0.25, 0.3) is 26.1 Å². The van der Waals surface area contributed by atoms with Crippen LogP contribution in [0.5, 0.6) is 0 Å². The number of hydrogen-bond donors (Lipinski definition) is 0. The summed E-state index contributed by atoms with van der Waals surface area (Å²) in [7, 11) is 0. The van der Waals surface area contributed by atoms with E-state index >= 15 is 0 Å². The van der Waals surface area contributed by atoms with E-state index in [1.54, 1.807) is 15.7 Å². The maximum Gasteiger partial charge on any atom is 0.266 e. The summed E-state index contributed by atoms with van der Waals surface area (Å²) in [5.41, 5.74) is 2.86. The number of nitrogens with zero attached hydrogens (tertiary/aromatic N) is 2. The molecule has 0 atom stereocenters. The van der Waals surface area contributed by atoms with Gasteiger partial charge in [-0.15, -0.1) is 0 Å². The highest BCUT2D eigenvalue weighted by atomic mass is 32.1. The molecule has 0 N–H and O–H groups in total. The predicted molar refractivity (Wildman–Crippen MR) is 79.1 cm³/mol. The number of aryl methyl sites for hydroxylation is 1. The van der Waals surface area contributed by atoms with Gasteiger partial charge in [-0.05, 0) is 36.8 Å². The highest BCUT2D eigenvalue weighted by molar-refractivity contribution is 7.23. The lowest BCUT2D eigenvalue weighted by atomic mass is 10.2. The molecule has 0 amide bonds. The Bertz CT molecular complexity index is 997. The van der Waals surface area contributed by atoms with Crippen LogP contribution in [0.4, 0.5) is 0 Å². The molecule has 0 aliphatic rings. The summed E-state index contributed by atoms with van der Waals surface area (Å²) < 4.78 is 2.81. The molecule has 4 aromatic rings. The van der Waals surface area contributed by atoms with Gasteiger partial charge in [0.05, 0.1) is 21.1 Å². The van der Waals surface area contributed by atoms with Gasteiger partial charge in [0.2, 0.25) is 0 Å². The molecule has 19 heavy (non-hydrogen) atoms. The number of benzene rings is 2. The predicted octanol–water partition coefficient (Wildman–Crippen LogP) is 3.37. The highest BCUT2D eigenvalue weighted by Crippen LogP contribution is 2.25. The fourth-order valence-electron chi connectivity index (χ4n) is 2.38. The number of para-hydroxylation sites is 1. The zero-order valence-electron chi connectivity index (χ0n) is 10.3. The van der Waals surface area contributed by atoms with Crippen LogP contribution in [0, 0.1) is 6.92 Å². The molecular weight excluding hydrogens is 256 g/mol. The molecule has 0 spiro atoms. The molecule has 92 valence electrons. The van der Waals surface area contributed by atoms with E-state index in [4.69, 9.17) is 0 Å². The lowest BCUT2D eigenvalue weighted by Crippen LogP contribution is -2.13. The molecule has 0 saturated carbocycles. The Morgan fingerprint density at radius 1 is 1.16 bits per heavy atom. The van der Waals surface area contributed by atoms with Gasteiger partial charge >= 0.3 is 0 Å². The molecule has 2 heterocycles. The second-order valence-corrected chi connectivity index (χ2v) is 5.63. The van der Waals surface area contributed by atoms with E-state index in [1.807, 2.05) is 43.3 Å². The van der Waals surface area contributed by atoms with Crippen molar-refractivity contribution in [3.8, 4) is 0 Å². The van der Waals surface area contributed by atoms with Crippen LogP contribution in [0.2, 0.25) is 0 Å². The molecule has 0 aliphatic carbocycles. The molecule has 0 radical (unpaired) electrons. The van der Waals surface area contributed by atoms with Crippen molar-refractivity contribution in [2.24, 2.45) is 0 Å². The van der Waals surface area contributed by atoms with Crippen molar-refractivity contribution in [3.63, 3.8) is 0 Å². The van der Waals surface area contributed by atoms with Crippen molar-refractivity contribution in [2.45, 2.75) is 6.92 Å². The highest BCUT2D eigenvalue weighted by Gasteiger charge is 2.10. The zero-order valence-corrected chi connectivity index (χ0v) is 11.1. The third-order valence-electron chi connectivity index (χ3n) is 3.30. The quantitative estimate of drug-likeness (QED) is 0.489. The zero-order chi connectivity index (χ0) is 13.0. The molecule has 0 fully saturated rings. The van der Waals surface area contributed by atoms with Gasteiger partial charge < -0.3 is 0 Å². The Morgan fingerprint density at radius 3 is 2.89 bits per heavy atom. The average molecular weight is 266 g/mol. The van der Waals surface area contributed by atoms with Crippen LogP contribution in [-0.4, -0.2) is 9.38 Å². The summed E-state index contributed by atoms with van der Waals surface area (Å²) in [5, 5.41) is 0.668. The summed E-state index contributed by atoms with van der Waals surface area (Å²) in [6.45, 7) is 2.03. The topological polar surface area (TPSA) is 34.4 Å². The number of thiazole rings is 1. The van der Waals surface area contributed by atoms with Crippen molar-refractivity contribution in [1.29, 1.82) is 0 Å². The minimum atomic E-state index is 0.0115. The lowest BCUT2D eigenvalue weighted by molar-refractivity contribution is 1.16. The molecule has 0 bridgehead atoms. The molecular formula is C15H10N2OS. The maximum absolute atomic E-state index is 12.6. The van der Waals surface area contributed by atoms with Gasteiger partial charge in [0.1, 0.15) is 0 Å². The molecule has 4 heteroatoms. The molecule has 0 aliphatic heterocycles. The molecule has 0 saturated heterocycles. The van der Waals surface area contributed by atoms with E-state index in [-0.39, 0.29) is 5.56 Å². The minimum Gasteiger partial charge on any atom is -0.268 e. The van der Waals surface area contributed by atoms with E-state index in [0.29, 0.717) is 5.39 Å². The van der Waals surface area contributed by atoms with Crippen LogP contribution < -0.4 is 5.56 Å². The Hall–Kier alpha value is -2.20. The number of aromatic nitrogens is 2. The number of fused-ring (bicyclic) bond motifs is 4. The van der Waals surface area contributed by atoms with Crippen LogP contribution in [0.3, 0.4) is 0 Å². The van der Waals surface area contributed by atoms with Crippen molar-refractivity contribution in [3.05, 3.63) is 58.4 Å². The monoisotopic (exact) mass is 266 g/mol. The van der Waals surface area contributed by atoms with E-state index in [2.05, 4.69) is 11.1 Å².